The first-order valence-corrected chi connectivity index (χ1v) is 53.0. The van der Waals surface area contributed by atoms with Gasteiger partial charge in [0.2, 0.25) is 0 Å². The molecule has 32 rings (SSSR count). The third-order valence-corrected chi connectivity index (χ3v) is 33.4. The largest absolute Gasteiger partial charge is 0.455 e. The molecule has 0 amide bonds. The van der Waals surface area contributed by atoms with Gasteiger partial charge in [0.15, 0.2) is 0 Å². The average Bonchev–Trinajstić information content (AvgIpc) is 1.49. The SMILES string of the molecule is Cc1cccc2c(-c3ccccc3)c(-c3c4ccccc4c(-c4oc5c(C)cccc5c4-c4ccccc4)c4cc5ccccc5cc34)oc12.c1ccc(-c2c(-c3c4ccccc4c(-c4oc5c6ccccc6c6ccccc6c5c4-c4ccccc4)c4cc5ccccc5cc34)oc3c4ccccc4c4ccccc4c23)cc1.c1ccc2cc3c(-c4cc5ccccc5s4)c4ccccc4c(-c4cc5ccccc5s4)c3cc2c1. The molecular weight excluding hydrogens is 1860 g/mol. The number of para-hydroxylation sites is 2. The summed E-state index contributed by atoms with van der Waals surface area (Å²) in [5.74, 6) is 3.48. The molecule has 0 radical (unpaired) electrons. The minimum Gasteiger partial charge on any atom is -0.455 e. The van der Waals surface area contributed by atoms with Crippen molar-refractivity contribution < 1.29 is 17.7 Å². The van der Waals surface area contributed by atoms with Gasteiger partial charge in [-0.15, -0.1) is 22.7 Å². The lowest BCUT2D eigenvalue weighted by atomic mass is 9.84. The van der Waals surface area contributed by atoms with Crippen LogP contribution in [0.25, 0.3) is 315 Å². The Labute approximate surface area is 870 Å². The molecule has 0 atom stereocenters. The van der Waals surface area contributed by atoms with Gasteiger partial charge in [0.1, 0.15) is 45.4 Å². The molecule has 0 fully saturated rings. The Hall–Kier alpha value is -18.8. The number of thiophene rings is 2. The van der Waals surface area contributed by atoms with Crippen molar-refractivity contribution in [1.82, 2.24) is 0 Å². The predicted octanol–water partition coefficient (Wildman–Crippen LogP) is 42.8. The van der Waals surface area contributed by atoms with Crippen molar-refractivity contribution in [2.75, 3.05) is 0 Å². The first kappa shape index (κ1) is 86.6. The fraction of sp³-hybridized carbons (Fsp3) is 0.0139. The molecule has 150 heavy (non-hydrogen) atoms. The van der Waals surface area contributed by atoms with Crippen LogP contribution >= 0.6 is 22.7 Å². The maximum Gasteiger partial charge on any atom is 0.144 e. The highest BCUT2D eigenvalue weighted by atomic mass is 32.1. The van der Waals surface area contributed by atoms with Crippen molar-refractivity contribution >= 4 is 227 Å². The van der Waals surface area contributed by atoms with Gasteiger partial charge in [-0.25, -0.2) is 0 Å². The molecule has 0 aliphatic heterocycles. The number of furan rings is 4. The molecule has 26 aromatic carbocycles. The summed E-state index contributed by atoms with van der Waals surface area (Å²) < 4.78 is 31.9. The van der Waals surface area contributed by atoms with Crippen LogP contribution < -0.4 is 0 Å². The number of rotatable bonds is 10. The van der Waals surface area contributed by atoms with Gasteiger partial charge in [0.05, 0.1) is 0 Å². The Bertz CT molecular complexity index is 10500. The van der Waals surface area contributed by atoms with Crippen molar-refractivity contribution in [2.45, 2.75) is 13.8 Å². The zero-order chi connectivity index (χ0) is 98.9. The maximum absolute atomic E-state index is 7.55. The Balaban J connectivity index is 0.000000108. The van der Waals surface area contributed by atoms with Crippen LogP contribution in [0.1, 0.15) is 11.1 Å². The Kier molecular flexibility index (Phi) is 20.2. The standard InChI is InChI=1S/C62H36O2.C48H32O2.C34H20S2/c1-3-19-37(20-4-1)53-57-45-29-13-9-25-41(45)43-27-11-17-33-49(43)59(57)63-61(53)55-47-31-15-16-32-48(47)56(52-36-40-24-8-7-23-39(40)35-51(52)55)62-54(38-21-5-2-6-22-38)58-46-30-14-10-26-42(46)44-28-12-18-34-50(44)60(58)64-62;1-29-15-13-25-37-41(31-17-5-3-6-18-31)47(49-45(29)37)43-35-23-11-12-24-36(35)44(40-28-34-22-10-9-21-33(34)27-39(40)43)48-42(32-19-7-4-8-20-32)38-26-14-16-30(2)46(38)50-48;1-2-10-22-18-28-27(17-21(22)9-1)33(31-19-23-11-3-7-15-29(23)35-31)25-13-5-6-14-26(25)34(28)32-20-24-12-4-8-16-30(24)36-32/h1-36H;3-28H,1-2H3;1-20H. The average molecular weight is 1950 g/mol. The van der Waals surface area contributed by atoms with Crippen LogP contribution in [0, 0.1) is 13.8 Å². The molecule has 32 aromatic rings. The lowest BCUT2D eigenvalue weighted by Gasteiger charge is -2.18. The van der Waals surface area contributed by atoms with Crippen molar-refractivity contribution in [3.63, 3.8) is 0 Å². The Morgan fingerprint density at radius 2 is 0.353 bits per heavy atom. The number of hydrogen-bond acceptors (Lipinski definition) is 6. The summed E-state index contributed by atoms with van der Waals surface area (Å²) in [5.41, 5.74) is 21.8. The molecule has 0 saturated carbocycles. The maximum atomic E-state index is 7.55. The van der Waals surface area contributed by atoms with E-state index < -0.39 is 0 Å². The van der Waals surface area contributed by atoms with Crippen LogP contribution in [0.4, 0.5) is 0 Å². The highest BCUT2D eigenvalue weighted by Gasteiger charge is 2.34. The molecule has 0 bridgehead atoms. The molecule has 0 saturated heterocycles. The third kappa shape index (κ3) is 13.7. The van der Waals surface area contributed by atoms with E-state index in [1.165, 1.54) is 116 Å². The zero-order valence-electron chi connectivity index (χ0n) is 81.8. The minimum absolute atomic E-state index is 0.857. The molecular formula is C144H88O4S2. The molecule has 700 valence electrons. The topological polar surface area (TPSA) is 52.6 Å². The zero-order valence-corrected chi connectivity index (χ0v) is 83.4. The summed E-state index contributed by atoms with van der Waals surface area (Å²) in [6, 6.07) is 180. The molecule has 0 aliphatic carbocycles. The van der Waals surface area contributed by atoms with Crippen LogP contribution in [0.15, 0.2) is 515 Å². The van der Waals surface area contributed by atoms with Gasteiger partial charge < -0.3 is 17.7 Å². The molecule has 0 N–H and O–H groups in total. The summed E-state index contributed by atoms with van der Waals surface area (Å²) in [7, 11) is 0. The van der Waals surface area contributed by atoms with Gasteiger partial charge in [0, 0.05) is 107 Å². The van der Waals surface area contributed by atoms with Gasteiger partial charge in [-0.1, -0.05) is 437 Å². The van der Waals surface area contributed by atoms with Crippen molar-refractivity contribution in [3.8, 4) is 111 Å². The van der Waals surface area contributed by atoms with E-state index in [4.69, 9.17) is 17.7 Å². The van der Waals surface area contributed by atoms with E-state index in [9.17, 15) is 0 Å². The van der Waals surface area contributed by atoms with E-state index in [1.54, 1.807) is 0 Å². The fourth-order valence-electron chi connectivity index (χ4n) is 24.5. The Morgan fingerprint density at radius 3 is 0.653 bits per heavy atom. The second kappa shape index (κ2) is 35.0. The highest BCUT2D eigenvalue weighted by molar-refractivity contribution is 7.23. The summed E-state index contributed by atoms with van der Waals surface area (Å²) in [4.78, 5) is 2.66. The monoisotopic (exact) mass is 1940 g/mol. The summed E-state index contributed by atoms with van der Waals surface area (Å²) in [6.07, 6.45) is 0. The van der Waals surface area contributed by atoms with Crippen molar-refractivity contribution in [3.05, 3.63) is 509 Å². The number of benzene rings is 26. The van der Waals surface area contributed by atoms with Gasteiger partial charge in [-0.2, -0.15) is 0 Å². The summed E-state index contributed by atoms with van der Waals surface area (Å²) in [5, 5.41) is 37.9. The van der Waals surface area contributed by atoms with Crippen LogP contribution in [-0.2, 0) is 0 Å². The molecule has 6 aromatic heterocycles. The first-order chi connectivity index (χ1) is 74.3. The van der Waals surface area contributed by atoms with Gasteiger partial charge in [-0.05, 0) is 248 Å². The number of aryl methyl sites for hydroxylation is 2. The van der Waals surface area contributed by atoms with E-state index >= 15 is 0 Å². The van der Waals surface area contributed by atoms with E-state index in [1.807, 2.05) is 22.7 Å². The second-order valence-electron chi connectivity index (χ2n) is 39.6. The molecule has 4 nitrogen and oxygen atoms in total. The van der Waals surface area contributed by atoms with Gasteiger partial charge in [0.25, 0.3) is 0 Å². The fourth-order valence-corrected chi connectivity index (χ4v) is 26.8. The van der Waals surface area contributed by atoms with Crippen molar-refractivity contribution in [1.29, 1.82) is 0 Å². The lowest BCUT2D eigenvalue weighted by Crippen LogP contribution is -1.92. The van der Waals surface area contributed by atoms with Crippen LogP contribution in [0.2, 0.25) is 0 Å². The van der Waals surface area contributed by atoms with E-state index in [2.05, 4.69) is 511 Å². The Morgan fingerprint density at radius 1 is 0.140 bits per heavy atom. The molecule has 6 heterocycles. The summed E-state index contributed by atoms with van der Waals surface area (Å²) in [6.45, 7) is 4.26. The molecule has 0 unspecified atom stereocenters. The quantitative estimate of drug-likeness (QED) is 0.101. The van der Waals surface area contributed by atoms with E-state index in [0.717, 1.165) is 209 Å². The number of hydrogen-bond donors (Lipinski definition) is 0. The van der Waals surface area contributed by atoms with Crippen LogP contribution in [-0.4, -0.2) is 0 Å². The van der Waals surface area contributed by atoms with Crippen LogP contribution in [0.3, 0.4) is 0 Å². The third-order valence-electron chi connectivity index (χ3n) is 31.1. The normalized spacial score (nSPS) is 11.9. The lowest BCUT2D eigenvalue weighted by molar-refractivity contribution is 0.630. The molecule has 0 aliphatic rings. The predicted molar refractivity (Wildman–Crippen MR) is 641 cm³/mol. The minimum atomic E-state index is 0.857. The number of fused-ring (bicyclic) bond motifs is 25. The van der Waals surface area contributed by atoms with Crippen LogP contribution in [0.5, 0.6) is 0 Å². The first-order valence-electron chi connectivity index (χ1n) is 51.4. The van der Waals surface area contributed by atoms with Gasteiger partial charge >= 0.3 is 0 Å². The second-order valence-corrected chi connectivity index (χ2v) is 41.8. The highest BCUT2D eigenvalue weighted by Crippen LogP contribution is 2.60. The smallest absolute Gasteiger partial charge is 0.144 e. The molecule has 6 heteroatoms. The van der Waals surface area contributed by atoms with Crippen molar-refractivity contribution in [2.24, 2.45) is 0 Å². The van der Waals surface area contributed by atoms with E-state index in [0.29, 0.717) is 0 Å². The molecule has 0 spiro atoms. The van der Waals surface area contributed by atoms with E-state index in [-0.39, 0.29) is 0 Å². The van der Waals surface area contributed by atoms with Gasteiger partial charge in [-0.3, -0.25) is 0 Å². The summed E-state index contributed by atoms with van der Waals surface area (Å²) >= 11 is 3.79.